The van der Waals surface area contributed by atoms with Crippen LogP contribution in [0.2, 0.25) is 0 Å². The number of anilines is 1. The molecular formula is C27H30N4O4S. The fourth-order valence-electron chi connectivity index (χ4n) is 4.23. The Balaban J connectivity index is 1.40. The number of para-hydroxylation sites is 1. The molecule has 1 aliphatic rings. The molecule has 0 atom stereocenters. The zero-order chi connectivity index (χ0) is 25.5. The number of nitrogens with zero attached hydrogens (tertiary/aromatic N) is 1. The van der Waals surface area contributed by atoms with Crippen molar-refractivity contribution in [3.05, 3.63) is 76.7 Å². The van der Waals surface area contributed by atoms with Gasteiger partial charge in [0.25, 0.3) is 5.91 Å². The zero-order valence-corrected chi connectivity index (χ0v) is 21.5. The Bertz CT molecular complexity index is 1270. The van der Waals surface area contributed by atoms with Crippen molar-refractivity contribution in [2.75, 3.05) is 26.1 Å². The normalized spacial score (nSPS) is 13.6. The minimum Gasteiger partial charge on any atom is -0.493 e. The number of amides is 1. The summed E-state index contributed by atoms with van der Waals surface area (Å²) in [6.07, 6.45) is 3.07. The number of methoxy groups -OCH3 is 2. The van der Waals surface area contributed by atoms with Crippen LogP contribution in [0.15, 0.2) is 58.0 Å². The first kappa shape index (κ1) is 25.2. The van der Waals surface area contributed by atoms with Crippen molar-refractivity contribution in [2.24, 2.45) is 5.10 Å². The molecule has 2 aromatic carbocycles. The summed E-state index contributed by atoms with van der Waals surface area (Å²) in [7, 11) is 3.20. The van der Waals surface area contributed by atoms with E-state index >= 15 is 0 Å². The number of aryl methyl sites for hydroxylation is 1. The highest BCUT2D eigenvalue weighted by Crippen LogP contribution is 2.30. The van der Waals surface area contributed by atoms with Crippen molar-refractivity contribution in [1.29, 1.82) is 0 Å². The van der Waals surface area contributed by atoms with E-state index in [-0.39, 0.29) is 5.91 Å². The number of hydrazone groups is 1. The number of carbonyl (C=O) groups excluding carboxylic acids is 1. The van der Waals surface area contributed by atoms with Gasteiger partial charge in [-0.2, -0.15) is 5.10 Å². The van der Waals surface area contributed by atoms with Crippen molar-refractivity contribution in [3.8, 4) is 11.5 Å². The van der Waals surface area contributed by atoms with E-state index in [0.29, 0.717) is 35.3 Å². The van der Waals surface area contributed by atoms with Gasteiger partial charge in [-0.1, -0.05) is 24.3 Å². The van der Waals surface area contributed by atoms with Crippen LogP contribution >= 0.6 is 12.2 Å². The topological polar surface area (TPSA) is 97.1 Å². The van der Waals surface area contributed by atoms with Gasteiger partial charge in [-0.15, -0.1) is 0 Å². The molecule has 9 heteroatoms. The van der Waals surface area contributed by atoms with Crippen molar-refractivity contribution in [2.45, 2.75) is 32.6 Å². The molecule has 1 aromatic heterocycles. The molecule has 0 radical (unpaired) electrons. The average molecular weight is 507 g/mol. The van der Waals surface area contributed by atoms with Crippen LogP contribution in [0.1, 0.15) is 45.8 Å². The largest absolute Gasteiger partial charge is 0.493 e. The molecule has 8 nitrogen and oxygen atoms in total. The first-order valence-electron chi connectivity index (χ1n) is 11.8. The van der Waals surface area contributed by atoms with Crippen molar-refractivity contribution in [1.82, 2.24) is 10.7 Å². The summed E-state index contributed by atoms with van der Waals surface area (Å²) in [5.41, 5.74) is 7.35. The standard InChI is InChI=1S/C27H30N4O4S/c1-17-24-20(30-31-27(36)29-19-8-5-4-6-9-19)10-7-11-22(24)35-25(17)26(32)28-15-14-18-12-13-21(33-2)23(16-18)34-3/h4-6,8-9,12-13,16H,7,10-11,14-15H2,1-3H3,(H,28,32)(H2,29,31,36)/b30-20+. The molecule has 3 aromatic rings. The Morgan fingerprint density at radius 1 is 1.08 bits per heavy atom. The highest BCUT2D eigenvalue weighted by atomic mass is 32.1. The summed E-state index contributed by atoms with van der Waals surface area (Å²) in [6.45, 7) is 2.36. The number of furan rings is 1. The lowest BCUT2D eigenvalue weighted by molar-refractivity contribution is 0.0923. The molecular weight excluding hydrogens is 476 g/mol. The van der Waals surface area contributed by atoms with Gasteiger partial charge in [0.2, 0.25) is 0 Å². The van der Waals surface area contributed by atoms with Crippen LogP contribution in [0.3, 0.4) is 0 Å². The number of hydrogen-bond donors (Lipinski definition) is 3. The predicted molar refractivity (Wildman–Crippen MR) is 144 cm³/mol. The quantitative estimate of drug-likeness (QED) is 0.303. The second-order valence-corrected chi connectivity index (χ2v) is 8.80. The third-order valence-corrected chi connectivity index (χ3v) is 6.20. The van der Waals surface area contributed by atoms with Gasteiger partial charge in [0.1, 0.15) is 5.76 Å². The molecule has 0 saturated heterocycles. The van der Waals surface area contributed by atoms with Gasteiger partial charge in [-0.05, 0) is 68.2 Å². The number of rotatable bonds is 8. The number of ether oxygens (including phenoxy) is 2. The van der Waals surface area contributed by atoms with E-state index in [1.807, 2.05) is 55.5 Å². The van der Waals surface area contributed by atoms with E-state index in [9.17, 15) is 4.79 Å². The summed E-state index contributed by atoms with van der Waals surface area (Å²) in [6, 6.07) is 15.4. The molecule has 0 spiro atoms. The van der Waals surface area contributed by atoms with E-state index in [4.69, 9.17) is 26.1 Å². The van der Waals surface area contributed by atoms with Crippen molar-refractivity contribution in [3.63, 3.8) is 0 Å². The average Bonchev–Trinajstić information content (AvgIpc) is 3.25. The molecule has 36 heavy (non-hydrogen) atoms. The fraction of sp³-hybridized carbons (Fsp3) is 0.296. The Labute approximate surface area is 216 Å². The maximum Gasteiger partial charge on any atom is 0.287 e. The molecule has 0 aliphatic heterocycles. The van der Waals surface area contributed by atoms with E-state index in [2.05, 4.69) is 21.2 Å². The van der Waals surface area contributed by atoms with Gasteiger partial charge >= 0.3 is 0 Å². The fourth-order valence-corrected chi connectivity index (χ4v) is 4.40. The minimum atomic E-state index is -0.240. The molecule has 0 fully saturated rings. The SMILES string of the molecule is COc1ccc(CCNC(=O)c2oc3c(c2C)/C(=N/NC(=S)Nc2ccccc2)CCC3)cc1OC. The summed E-state index contributed by atoms with van der Waals surface area (Å²) in [4.78, 5) is 12.9. The van der Waals surface area contributed by atoms with Crippen molar-refractivity contribution < 1.29 is 18.7 Å². The highest BCUT2D eigenvalue weighted by Gasteiger charge is 2.28. The van der Waals surface area contributed by atoms with Crippen molar-refractivity contribution >= 4 is 34.6 Å². The second-order valence-electron chi connectivity index (χ2n) is 8.39. The van der Waals surface area contributed by atoms with Gasteiger partial charge in [0.15, 0.2) is 22.4 Å². The number of carbonyl (C=O) groups is 1. The van der Waals surface area contributed by atoms with Crippen LogP contribution < -0.4 is 25.5 Å². The summed E-state index contributed by atoms with van der Waals surface area (Å²) >= 11 is 5.37. The number of fused-ring (bicyclic) bond motifs is 1. The lowest BCUT2D eigenvalue weighted by Gasteiger charge is -2.14. The number of hydrogen-bond acceptors (Lipinski definition) is 6. The Morgan fingerprint density at radius 2 is 1.86 bits per heavy atom. The Hall–Kier alpha value is -3.85. The zero-order valence-electron chi connectivity index (χ0n) is 20.6. The molecule has 0 bridgehead atoms. The van der Waals surface area contributed by atoms with Gasteiger partial charge < -0.3 is 24.5 Å². The molecule has 1 amide bonds. The summed E-state index contributed by atoms with van der Waals surface area (Å²) in [5, 5.41) is 11.0. The molecule has 0 unspecified atom stereocenters. The van der Waals surface area contributed by atoms with Crippen LogP contribution in [0.4, 0.5) is 5.69 Å². The summed E-state index contributed by atoms with van der Waals surface area (Å²) < 4.78 is 16.6. The Morgan fingerprint density at radius 3 is 2.61 bits per heavy atom. The third kappa shape index (κ3) is 5.85. The van der Waals surface area contributed by atoms with Crippen LogP contribution in [0.5, 0.6) is 11.5 Å². The minimum absolute atomic E-state index is 0.240. The van der Waals surface area contributed by atoms with Crippen LogP contribution in [-0.2, 0) is 12.8 Å². The smallest absolute Gasteiger partial charge is 0.287 e. The molecule has 1 heterocycles. The Kier molecular flexibility index (Phi) is 8.22. The lowest BCUT2D eigenvalue weighted by atomic mass is 9.93. The third-order valence-electron chi connectivity index (χ3n) is 6.00. The molecule has 0 saturated carbocycles. The van der Waals surface area contributed by atoms with Crippen LogP contribution in [0.25, 0.3) is 0 Å². The number of benzene rings is 2. The van der Waals surface area contributed by atoms with Gasteiger partial charge in [-0.25, -0.2) is 0 Å². The maximum absolute atomic E-state index is 12.9. The highest BCUT2D eigenvalue weighted by molar-refractivity contribution is 7.80. The first-order chi connectivity index (χ1) is 17.5. The van der Waals surface area contributed by atoms with Gasteiger partial charge in [0.05, 0.1) is 19.9 Å². The monoisotopic (exact) mass is 506 g/mol. The van der Waals surface area contributed by atoms with Crippen LogP contribution in [-0.4, -0.2) is 37.5 Å². The van der Waals surface area contributed by atoms with E-state index in [0.717, 1.165) is 53.1 Å². The van der Waals surface area contributed by atoms with E-state index in [1.54, 1.807) is 14.2 Å². The second kappa shape index (κ2) is 11.7. The molecule has 3 N–H and O–H groups in total. The predicted octanol–water partition coefficient (Wildman–Crippen LogP) is 4.60. The molecule has 188 valence electrons. The number of nitrogens with one attached hydrogen (secondary N) is 3. The van der Waals surface area contributed by atoms with E-state index < -0.39 is 0 Å². The van der Waals surface area contributed by atoms with Gasteiger partial charge in [0, 0.05) is 29.8 Å². The molecule has 1 aliphatic carbocycles. The number of thiocarbonyl (C=S) groups is 1. The molecule has 4 rings (SSSR count). The summed E-state index contributed by atoms with van der Waals surface area (Å²) in [5.74, 6) is 2.20. The lowest BCUT2D eigenvalue weighted by Crippen LogP contribution is -2.27. The van der Waals surface area contributed by atoms with Gasteiger partial charge in [-0.3, -0.25) is 10.2 Å². The first-order valence-corrected chi connectivity index (χ1v) is 12.2. The van der Waals surface area contributed by atoms with Crippen LogP contribution in [0, 0.1) is 6.92 Å². The van der Waals surface area contributed by atoms with E-state index in [1.165, 1.54) is 0 Å². The maximum atomic E-state index is 12.9.